The fourth-order valence-electron chi connectivity index (χ4n) is 2.77. The average Bonchev–Trinajstić information content (AvgIpc) is 2.92. The third kappa shape index (κ3) is 3.04. The van der Waals surface area contributed by atoms with Gasteiger partial charge in [0.15, 0.2) is 17.9 Å². The van der Waals surface area contributed by atoms with Crippen LogP contribution in [0.4, 0.5) is 29.7 Å². The summed E-state index contributed by atoms with van der Waals surface area (Å²) in [5.74, 6) is -1.70. The van der Waals surface area contributed by atoms with E-state index in [2.05, 4.69) is 4.74 Å². The number of anilines is 2. The number of hydrogen-bond donors (Lipinski definition) is 1. The molecule has 2 saturated heterocycles. The lowest BCUT2D eigenvalue weighted by Gasteiger charge is -2.38. The molecule has 0 radical (unpaired) electrons. The van der Waals surface area contributed by atoms with E-state index >= 15 is 0 Å². The highest BCUT2D eigenvalue weighted by molar-refractivity contribution is 5.90. The van der Waals surface area contributed by atoms with Crippen LogP contribution >= 0.6 is 0 Å². The fraction of sp³-hybridized carbons (Fsp3) is 0.467. The first-order valence-corrected chi connectivity index (χ1v) is 7.52. The van der Waals surface area contributed by atoms with E-state index < -0.39 is 36.2 Å². The first kappa shape index (κ1) is 17.2. The fourth-order valence-corrected chi connectivity index (χ4v) is 2.77. The standard InChI is InChI=1S/C15H17F2N3O5/c1-18(14(22)24-2)12-7-20(15(23)25-12)8-3-10(16)13(11(17)4-8)19-5-9(21)6-19/h3-4,9,12,21H,5-7H2,1-2H3/t12-/m0/s1. The van der Waals surface area contributed by atoms with E-state index in [0.29, 0.717) is 0 Å². The van der Waals surface area contributed by atoms with Gasteiger partial charge in [0, 0.05) is 32.3 Å². The number of carbonyl (C=O) groups is 2. The molecule has 25 heavy (non-hydrogen) atoms. The number of likely N-dealkylation sites (N-methyl/N-ethyl adjacent to an activating group) is 1. The van der Waals surface area contributed by atoms with Crippen molar-refractivity contribution >= 4 is 23.6 Å². The number of nitrogens with zero attached hydrogens (tertiary/aromatic N) is 3. The molecule has 1 aromatic rings. The third-order valence-electron chi connectivity index (χ3n) is 4.18. The van der Waals surface area contributed by atoms with Gasteiger partial charge in [0.1, 0.15) is 5.69 Å². The van der Waals surface area contributed by atoms with Gasteiger partial charge in [0.2, 0.25) is 0 Å². The highest BCUT2D eigenvalue weighted by Gasteiger charge is 2.38. The summed E-state index contributed by atoms with van der Waals surface area (Å²) in [5, 5.41) is 9.27. The Bertz CT molecular complexity index is 687. The molecule has 0 saturated carbocycles. The topological polar surface area (TPSA) is 82.5 Å². The van der Waals surface area contributed by atoms with Gasteiger partial charge >= 0.3 is 12.2 Å². The maximum Gasteiger partial charge on any atom is 0.416 e. The molecule has 1 N–H and O–H groups in total. The SMILES string of the molecule is COC(=O)N(C)[C@@H]1CN(c2cc(F)c(N3CC(O)C3)c(F)c2)C(=O)O1. The lowest BCUT2D eigenvalue weighted by molar-refractivity contribution is 0.0343. The number of aliphatic hydroxyl groups excluding tert-OH is 1. The predicted molar refractivity (Wildman–Crippen MR) is 82.4 cm³/mol. The molecule has 0 bridgehead atoms. The number of ether oxygens (including phenoxy) is 2. The summed E-state index contributed by atoms with van der Waals surface area (Å²) in [5.41, 5.74) is -0.268. The Morgan fingerprint density at radius 2 is 1.92 bits per heavy atom. The van der Waals surface area contributed by atoms with Crippen molar-refractivity contribution in [3.63, 3.8) is 0 Å². The van der Waals surface area contributed by atoms with Gasteiger partial charge in [-0.3, -0.25) is 9.80 Å². The van der Waals surface area contributed by atoms with E-state index in [1.807, 2.05) is 0 Å². The van der Waals surface area contributed by atoms with Gasteiger partial charge in [-0.05, 0) is 0 Å². The number of aliphatic hydroxyl groups is 1. The molecule has 2 aliphatic rings. The van der Waals surface area contributed by atoms with Crippen LogP contribution in [0.3, 0.4) is 0 Å². The first-order valence-electron chi connectivity index (χ1n) is 7.52. The van der Waals surface area contributed by atoms with Crippen LogP contribution in [0, 0.1) is 11.6 Å². The Labute approximate surface area is 142 Å². The van der Waals surface area contributed by atoms with Crippen LogP contribution < -0.4 is 9.80 Å². The van der Waals surface area contributed by atoms with Crippen LogP contribution in [0.2, 0.25) is 0 Å². The van der Waals surface area contributed by atoms with E-state index in [1.165, 1.54) is 19.1 Å². The average molecular weight is 357 g/mol. The van der Waals surface area contributed by atoms with E-state index in [-0.39, 0.29) is 31.0 Å². The lowest BCUT2D eigenvalue weighted by Crippen LogP contribution is -2.51. The van der Waals surface area contributed by atoms with Crippen molar-refractivity contribution in [1.29, 1.82) is 0 Å². The Hall–Kier alpha value is -2.62. The molecule has 136 valence electrons. The van der Waals surface area contributed by atoms with Crippen molar-refractivity contribution in [2.24, 2.45) is 0 Å². The Balaban J connectivity index is 1.80. The van der Waals surface area contributed by atoms with Gasteiger partial charge < -0.3 is 19.5 Å². The number of cyclic esters (lactones) is 1. The summed E-state index contributed by atoms with van der Waals surface area (Å²) in [6, 6.07) is 2.04. The first-order chi connectivity index (χ1) is 11.8. The minimum absolute atomic E-state index is 0.0226. The smallest absolute Gasteiger partial charge is 0.416 e. The predicted octanol–water partition coefficient (Wildman–Crippen LogP) is 1.13. The maximum absolute atomic E-state index is 14.3. The normalized spacial score (nSPS) is 20.4. The van der Waals surface area contributed by atoms with Crippen LogP contribution in [0.25, 0.3) is 0 Å². The highest BCUT2D eigenvalue weighted by atomic mass is 19.1. The zero-order valence-corrected chi connectivity index (χ0v) is 13.6. The third-order valence-corrected chi connectivity index (χ3v) is 4.18. The lowest BCUT2D eigenvalue weighted by atomic mass is 10.1. The second kappa shape index (κ2) is 6.36. The van der Waals surface area contributed by atoms with E-state index in [4.69, 9.17) is 4.74 Å². The molecule has 2 fully saturated rings. The van der Waals surface area contributed by atoms with Crippen molar-refractivity contribution in [2.75, 3.05) is 43.6 Å². The number of carbonyl (C=O) groups excluding carboxylic acids is 2. The van der Waals surface area contributed by atoms with Crippen LogP contribution in [0.15, 0.2) is 12.1 Å². The largest absolute Gasteiger partial charge is 0.453 e. The van der Waals surface area contributed by atoms with Crippen molar-refractivity contribution in [2.45, 2.75) is 12.3 Å². The van der Waals surface area contributed by atoms with Crippen molar-refractivity contribution in [3.8, 4) is 0 Å². The van der Waals surface area contributed by atoms with Crippen molar-refractivity contribution in [1.82, 2.24) is 4.90 Å². The molecule has 0 spiro atoms. The monoisotopic (exact) mass is 357 g/mol. The number of β-amino-alcohol motifs (C(OH)–C–C–N with tert-alkyl or cyclic N) is 1. The van der Waals surface area contributed by atoms with E-state index in [9.17, 15) is 23.5 Å². The minimum Gasteiger partial charge on any atom is -0.453 e. The van der Waals surface area contributed by atoms with Gasteiger partial charge in [-0.25, -0.2) is 18.4 Å². The zero-order chi connectivity index (χ0) is 18.3. The van der Waals surface area contributed by atoms with Gasteiger partial charge in [0.05, 0.1) is 25.4 Å². The Kier molecular flexibility index (Phi) is 4.38. The molecular formula is C15H17F2N3O5. The number of amides is 2. The molecule has 0 aliphatic carbocycles. The molecule has 10 heteroatoms. The van der Waals surface area contributed by atoms with Crippen LogP contribution in [0.1, 0.15) is 0 Å². The Morgan fingerprint density at radius 1 is 1.32 bits per heavy atom. The molecule has 2 aliphatic heterocycles. The quantitative estimate of drug-likeness (QED) is 0.873. The summed E-state index contributed by atoms with van der Waals surface area (Å²) in [4.78, 5) is 27.0. The van der Waals surface area contributed by atoms with E-state index in [0.717, 1.165) is 21.9 Å². The van der Waals surface area contributed by atoms with Crippen LogP contribution in [-0.2, 0) is 9.47 Å². The van der Waals surface area contributed by atoms with Crippen molar-refractivity contribution in [3.05, 3.63) is 23.8 Å². The second-order valence-electron chi connectivity index (χ2n) is 5.85. The summed E-state index contributed by atoms with van der Waals surface area (Å²) in [6.45, 7) is 0.195. The molecule has 3 rings (SSSR count). The molecule has 8 nitrogen and oxygen atoms in total. The summed E-state index contributed by atoms with van der Waals surface area (Å²) < 4.78 is 38.2. The molecule has 2 heterocycles. The van der Waals surface area contributed by atoms with Gasteiger partial charge in [-0.15, -0.1) is 0 Å². The minimum atomic E-state index is -0.934. The van der Waals surface area contributed by atoms with Crippen LogP contribution in [0.5, 0.6) is 0 Å². The molecular weight excluding hydrogens is 340 g/mol. The number of halogens is 2. The molecule has 0 unspecified atom stereocenters. The number of benzene rings is 1. The van der Waals surface area contributed by atoms with Crippen LogP contribution in [-0.4, -0.2) is 68.3 Å². The van der Waals surface area contributed by atoms with E-state index in [1.54, 1.807) is 0 Å². The Morgan fingerprint density at radius 3 is 2.44 bits per heavy atom. The second-order valence-corrected chi connectivity index (χ2v) is 5.85. The number of rotatable bonds is 3. The molecule has 0 aromatic heterocycles. The zero-order valence-electron chi connectivity index (χ0n) is 13.6. The highest BCUT2D eigenvalue weighted by Crippen LogP contribution is 2.33. The molecule has 1 aromatic carbocycles. The number of hydrogen-bond acceptors (Lipinski definition) is 6. The maximum atomic E-state index is 14.3. The summed E-state index contributed by atoms with van der Waals surface area (Å²) in [7, 11) is 2.57. The number of methoxy groups -OCH3 is 1. The summed E-state index contributed by atoms with van der Waals surface area (Å²) >= 11 is 0. The van der Waals surface area contributed by atoms with Gasteiger partial charge in [-0.1, -0.05) is 0 Å². The molecule has 2 amide bonds. The molecule has 1 atom stereocenters. The van der Waals surface area contributed by atoms with Gasteiger partial charge in [0.25, 0.3) is 0 Å². The van der Waals surface area contributed by atoms with Crippen molar-refractivity contribution < 1.29 is 33.0 Å². The van der Waals surface area contributed by atoms with Gasteiger partial charge in [-0.2, -0.15) is 0 Å². The summed E-state index contributed by atoms with van der Waals surface area (Å²) in [6.07, 6.45) is -3.08.